The number of alkyl halides is 2. The Labute approximate surface area is 163 Å². The van der Waals surface area contributed by atoms with Gasteiger partial charge in [0.2, 0.25) is 5.90 Å². The van der Waals surface area contributed by atoms with Gasteiger partial charge in [0.05, 0.1) is 12.0 Å². The summed E-state index contributed by atoms with van der Waals surface area (Å²) in [4.78, 5) is 26.6. The van der Waals surface area contributed by atoms with Crippen LogP contribution in [0.15, 0.2) is 47.1 Å². The molecule has 29 heavy (non-hydrogen) atoms. The molecule has 3 rings (SSSR count). The zero-order chi connectivity index (χ0) is 21.1. The van der Waals surface area contributed by atoms with Crippen LogP contribution in [0.25, 0.3) is 6.08 Å². The molecule has 0 bridgehead atoms. The topological polar surface area (TPSA) is 100 Å². The Kier molecular flexibility index (Phi) is 5.53. The lowest BCUT2D eigenvalue weighted by molar-refractivity contribution is -0.385. The maximum atomic E-state index is 12.4. The molecular formula is C19H14F2N2O6. The van der Waals surface area contributed by atoms with Crippen LogP contribution in [0.1, 0.15) is 16.7 Å². The molecule has 2 aromatic carbocycles. The van der Waals surface area contributed by atoms with Gasteiger partial charge in [-0.05, 0) is 42.8 Å². The fraction of sp³-hybridized carbons (Fsp3) is 0.158. The fourth-order valence-corrected chi connectivity index (χ4v) is 2.65. The first-order chi connectivity index (χ1) is 13.8. The zero-order valence-electron chi connectivity index (χ0n) is 15.2. The highest BCUT2D eigenvalue weighted by molar-refractivity contribution is 6.13. The number of aryl methyl sites for hydroxylation is 1. The van der Waals surface area contributed by atoms with Gasteiger partial charge in [-0.3, -0.25) is 10.1 Å². The van der Waals surface area contributed by atoms with Crippen molar-refractivity contribution in [3.63, 3.8) is 0 Å². The smallest absolute Gasteiger partial charge is 0.387 e. The van der Waals surface area contributed by atoms with Crippen LogP contribution in [-0.4, -0.2) is 30.5 Å². The van der Waals surface area contributed by atoms with Crippen LogP contribution in [-0.2, 0) is 9.53 Å². The van der Waals surface area contributed by atoms with Gasteiger partial charge in [-0.2, -0.15) is 8.78 Å². The fourth-order valence-electron chi connectivity index (χ4n) is 2.65. The van der Waals surface area contributed by atoms with Crippen molar-refractivity contribution >= 4 is 23.6 Å². The van der Waals surface area contributed by atoms with E-state index in [0.717, 1.165) is 0 Å². The summed E-state index contributed by atoms with van der Waals surface area (Å²) in [5, 5.41) is 10.9. The highest BCUT2D eigenvalue weighted by Gasteiger charge is 2.25. The third kappa shape index (κ3) is 4.37. The predicted molar refractivity (Wildman–Crippen MR) is 98.1 cm³/mol. The number of aliphatic imine (C=N–C) groups is 1. The van der Waals surface area contributed by atoms with Crippen molar-refractivity contribution in [1.29, 1.82) is 0 Å². The Bertz CT molecular complexity index is 1050. The molecule has 1 aliphatic heterocycles. The van der Waals surface area contributed by atoms with Gasteiger partial charge < -0.3 is 14.2 Å². The van der Waals surface area contributed by atoms with Crippen molar-refractivity contribution in [3.8, 4) is 11.5 Å². The van der Waals surface area contributed by atoms with Crippen LogP contribution in [0, 0.1) is 17.0 Å². The molecule has 1 heterocycles. The minimum Gasteiger partial charge on any atom is -0.493 e. The first kappa shape index (κ1) is 19.9. The summed E-state index contributed by atoms with van der Waals surface area (Å²) in [6.07, 6.45) is 1.39. The lowest BCUT2D eigenvalue weighted by Crippen LogP contribution is -2.06. The maximum absolute atomic E-state index is 12.4. The number of ether oxygens (including phenoxy) is 3. The number of rotatable bonds is 6. The van der Waals surface area contributed by atoms with Crippen molar-refractivity contribution in [2.75, 3.05) is 7.11 Å². The van der Waals surface area contributed by atoms with Gasteiger partial charge in [0.1, 0.15) is 0 Å². The maximum Gasteiger partial charge on any atom is 0.387 e. The lowest BCUT2D eigenvalue weighted by Gasteiger charge is -2.10. The van der Waals surface area contributed by atoms with Crippen molar-refractivity contribution < 1.29 is 32.7 Å². The van der Waals surface area contributed by atoms with E-state index < -0.39 is 17.5 Å². The number of halogens is 2. The molecule has 0 saturated heterocycles. The number of nitro benzene ring substituents is 1. The molecule has 8 nitrogen and oxygen atoms in total. The summed E-state index contributed by atoms with van der Waals surface area (Å²) < 4.78 is 39.3. The number of nitrogens with zero attached hydrogens (tertiary/aromatic N) is 2. The summed E-state index contributed by atoms with van der Waals surface area (Å²) in [5.74, 6) is -0.808. The first-order valence-electron chi connectivity index (χ1n) is 8.19. The minimum atomic E-state index is -3.00. The lowest BCUT2D eigenvalue weighted by atomic mass is 10.1. The van der Waals surface area contributed by atoms with Crippen LogP contribution in [0.4, 0.5) is 14.5 Å². The quantitative estimate of drug-likeness (QED) is 0.314. The van der Waals surface area contributed by atoms with Crippen molar-refractivity contribution in [2.24, 2.45) is 4.99 Å². The Morgan fingerprint density at radius 3 is 2.59 bits per heavy atom. The number of nitro groups is 1. The van der Waals surface area contributed by atoms with E-state index in [2.05, 4.69) is 9.73 Å². The molecule has 0 fully saturated rings. The van der Waals surface area contributed by atoms with Crippen LogP contribution < -0.4 is 9.47 Å². The molecule has 0 amide bonds. The molecule has 0 saturated carbocycles. The van der Waals surface area contributed by atoms with Gasteiger partial charge in [-0.1, -0.05) is 6.07 Å². The number of carbonyl (C=O) groups is 1. The predicted octanol–water partition coefficient (Wildman–Crippen LogP) is 3.86. The number of cyclic esters (lactones) is 1. The van der Waals surface area contributed by atoms with Crippen LogP contribution in [0.2, 0.25) is 0 Å². The number of hydrogen-bond acceptors (Lipinski definition) is 7. The molecule has 0 N–H and O–H groups in total. The highest BCUT2D eigenvalue weighted by Crippen LogP contribution is 2.31. The second-order valence-electron chi connectivity index (χ2n) is 5.88. The molecule has 150 valence electrons. The molecular weight excluding hydrogens is 390 g/mol. The largest absolute Gasteiger partial charge is 0.493 e. The van der Waals surface area contributed by atoms with E-state index in [1.54, 1.807) is 6.92 Å². The van der Waals surface area contributed by atoms with Crippen molar-refractivity contribution in [3.05, 3.63) is 68.9 Å². The standard InChI is InChI=1S/C19H14F2N2O6/c1-10-7-12(4-5-14(10)23(25)26)17-22-13(18(24)29-17)8-11-3-6-15(28-19(20)21)16(9-11)27-2/h3-9,19H,1-2H3/b13-8+. The third-order valence-electron chi connectivity index (χ3n) is 3.97. The van der Waals surface area contributed by atoms with E-state index in [-0.39, 0.29) is 28.8 Å². The van der Waals surface area contributed by atoms with Gasteiger partial charge in [0, 0.05) is 17.2 Å². The highest BCUT2D eigenvalue weighted by atomic mass is 19.3. The molecule has 0 atom stereocenters. The summed E-state index contributed by atoms with van der Waals surface area (Å²) >= 11 is 0. The zero-order valence-corrected chi connectivity index (χ0v) is 15.2. The number of methoxy groups -OCH3 is 1. The van der Waals surface area contributed by atoms with E-state index in [4.69, 9.17) is 9.47 Å². The van der Waals surface area contributed by atoms with Gasteiger partial charge in [-0.15, -0.1) is 0 Å². The molecule has 10 heteroatoms. The first-order valence-corrected chi connectivity index (χ1v) is 8.19. The molecule has 0 unspecified atom stereocenters. The minimum absolute atomic E-state index is 0.00358. The van der Waals surface area contributed by atoms with E-state index in [1.165, 1.54) is 49.6 Å². The van der Waals surface area contributed by atoms with Crippen LogP contribution >= 0.6 is 0 Å². The Morgan fingerprint density at radius 2 is 1.97 bits per heavy atom. The number of esters is 1. The molecule has 0 aliphatic carbocycles. The summed E-state index contributed by atoms with van der Waals surface area (Å²) in [5.41, 5.74) is 1.15. The van der Waals surface area contributed by atoms with E-state index in [9.17, 15) is 23.7 Å². The van der Waals surface area contributed by atoms with Crippen molar-refractivity contribution in [2.45, 2.75) is 13.5 Å². The Hall–Kier alpha value is -3.82. The van der Waals surface area contributed by atoms with Gasteiger partial charge in [0.15, 0.2) is 17.2 Å². The molecule has 0 radical (unpaired) electrons. The van der Waals surface area contributed by atoms with E-state index in [0.29, 0.717) is 16.7 Å². The number of hydrogen-bond donors (Lipinski definition) is 0. The number of carbonyl (C=O) groups excluding carboxylic acids is 1. The summed E-state index contributed by atoms with van der Waals surface area (Å²) in [6.45, 7) is -1.44. The van der Waals surface area contributed by atoms with Crippen LogP contribution in [0.5, 0.6) is 11.5 Å². The average molecular weight is 404 g/mol. The normalized spacial score (nSPS) is 14.7. The summed E-state index contributed by atoms with van der Waals surface area (Å²) in [7, 11) is 1.29. The second kappa shape index (κ2) is 8.05. The monoisotopic (exact) mass is 404 g/mol. The van der Waals surface area contributed by atoms with Gasteiger partial charge in [0.25, 0.3) is 5.69 Å². The number of benzene rings is 2. The SMILES string of the molecule is COc1cc(/C=C2/N=C(c3ccc([N+](=O)[O-])c(C)c3)OC2=O)ccc1OC(F)F. The molecule has 0 spiro atoms. The van der Waals surface area contributed by atoms with Gasteiger partial charge in [-0.25, -0.2) is 9.79 Å². The second-order valence-corrected chi connectivity index (χ2v) is 5.88. The third-order valence-corrected chi connectivity index (χ3v) is 3.97. The summed E-state index contributed by atoms with van der Waals surface area (Å²) in [6, 6.07) is 8.36. The van der Waals surface area contributed by atoms with Crippen molar-refractivity contribution in [1.82, 2.24) is 0 Å². The average Bonchev–Trinajstić information content (AvgIpc) is 3.02. The molecule has 0 aromatic heterocycles. The van der Waals surface area contributed by atoms with E-state index in [1.807, 2.05) is 0 Å². The Balaban J connectivity index is 1.91. The molecule has 1 aliphatic rings. The van der Waals surface area contributed by atoms with E-state index >= 15 is 0 Å². The van der Waals surface area contributed by atoms with Gasteiger partial charge >= 0.3 is 12.6 Å². The van der Waals surface area contributed by atoms with Crippen LogP contribution in [0.3, 0.4) is 0 Å². The Morgan fingerprint density at radius 1 is 1.21 bits per heavy atom. The molecule has 2 aromatic rings.